The third-order valence-electron chi connectivity index (χ3n) is 2.96. The Morgan fingerprint density at radius 3 is 2.77 bits per heavy atom. The number of carbonyl (C=O) groups excluding carboxylic acids is 1. The van der Waals surface area contributed by atoms with E-state index in [2.05, 4.69) is 36.8 Å². The van der Waals surface area contributed by atoms with E-state index >= 15 is 0 Å². The number of rotatable bonds is 2. The summed E-state index contributed by atoms with van der Waals surface area (Å²) in [5.74, 6) is 1.14. The summed E-state index contributed by atoms with van der Waals surface area (Å²) >= 11 is 7.29. The van der Waals surface area contributed by atoms with E-state index in [4.69, 9.17) is 5.73 Å². The van der Waals surface area contributed by atoms with Crippen molar-refractivity contribution in [1.29, 1.82) is 0 Å². The molecule has 1 amide bonds. The van der Waals surface area contributed by atoms with Gasteiger partial charge < -0.3 is 5.73 Å². The monoisotopic (exact) mass is 310 g/mol. The quantitative estimate of drug-likeness (QED) is 0.771. The smallest absolute Gasteiger partial charge is 0.231 e. The maximum Gasteiger partial charge on any atom is 0.231 e. The number of primary amides is 1. The highest BCUT2D eigenvalue weighted by Crippen LogP contribution is 2.64. The number of nitrogens with two attached hydrogens (primary N) is 1. The number of likely N-dealkylation sites (tertiary alicyclic amines) is 1. The van der Waals surface area contributed by atoms with Crippen molar-refractivity contribution in [2.24, 2.45) is 17.6 Å². The van der Waals surface area contributed by atoms with Crippen LogP contribution in [0.4, 0.5) is 0 Å². The summed E-state index contributed by atoms with van der Waals surface area (Å²) in [6.07, 6.45) is 1.15. The summed E-state index contributed by atoms with van der Waals surface area (Å²) < 4.78 is 0.145. The minimum absolute atomic E-state index is 0.145. The molecule has 0 bridgehead atoms. The van der Waals surface area contributed by atoms with Gasteiger partial charge >= 0.3 is 0 Å². The highest BCUT2D eigenvalue weighted by atomic mass is 79.9. The standard InChI is InChI=1S/C8H12Br2N2O/c9-8(10)5-1-2-12(3-6(5)8)4-7(11)13/h5-6H,1-4H2,(H2,11,13). The van der Waals surface area contributed by atoms with Crippen molar-refractivity contribution in [3.8, 4) is 0 Å². The van der Waals surface area contributed by atoms with Crippen molar-refractivity contribution in [3.05, 3.63) is 0 Å². The molecule has 5 heteroatoms. The van der Waals surface area contributed by atoms with Crippen molar-refractivity contribution in [2.45, 2.75) is 9.65 Å². The Bertz CT molecular complexity index is 244. The van der Waals surface area contributed by atoms with Crippen LogP contribution in [-0.2, 0) is 4.79 Å². The molecule has 1 saturated heterocycles. The Labute approximate surface area is 94.3 Å². The van der Waals surface area contributed by atoms with Crippen molar-refractivity contribution in [3.63, 3.8) is 0 Å². The third-order valence-corrected chi connectivity index (χ3v) is 5.31. The first-order chi connectivity index (χ1) is 6.01. The molecule has 2 fully saturated rings. The van der Waals surface area contributed by atoms with Gasteiger partial charge in [-0.2, -0.15) is 0 Å². The van der Waals surface area contributed by atoms with Gasteiger partial charge in [0.05, 0.1) is 9.78 Å². The highest BCUT2D eigenvalue weighted by molar-refractivity contribution is 9.25. The zero-order valence-corrected chi connectivity index (χ0v) is 10.3. The van der Waals surface area contributed by atoms with Gasteiger partial charge in [-0.1, -0.05) is 31.9 Å². The van der Waals surface area contributed by atoms with Gasteiger partial charge in [-0.15, -0.1) is 0 Å². The second-order valence-electron chi connectivity index (χ2n) is 3.88. The molecular weight excluding hydrogens is 300 g/mol. The van der Waals surface area contributed by atoms with Crippen molar-refractivity contribution in [2.75, 3.05) is 19.6 Å². The van der Waals surface area contributed by atoms with Gasteiger partial charge in [0.15, 0.2) is 0 Å². The van der Waals surface area contributed by atoms with Gasteiger partial charge in [-0.3, -0.25) is 9.69 Å². The number of carbonyl (C=O) groups is 1. The molecule has 0 radical (unpaired) electrons. The molecule has 1 heterocycles. The molecule has 3 nitrogen and oxygen atoms in total. The van der Waals surface area contributed by atoms with Gasteiger partial charge in [0.25, 0.3) is 0 Å². The average Bonchev–Trinajstić information content (AvgIpc) is 2.53. The minimum atomic E-state index is -0.228. The molecule has 74 valence electrons. The first-order valence-corrected chi connectivity index (χ1v) is 5.99. The number of nitrogens with zero attached hydrogens (tertiary/aromatic N) is 1. The van der Waals surface area contributed by atoms with E-state index in [9.17, 15) is 4.79 Å². The Kier molecular flexibility index (Phi) is 2.45. The second-order valence-corrected chi connectivity index (χ2v) is 7.57. The predicted molar refractivity (Wildman–Crippen MR) is 57.8 cm³/mol. The molecule has 1 aliphatic heterocycles. The first kappa shape index (κ1) is 9.93. The lowest BCUT2D eigenvalue weighted by Gasteiger charge is -2.23. The van der Waals surface area contributed by atoms with Gasteiger partial charge in [0.1, 0.15) is 0 Å². The van der Waals surface area contributed by atoms with Gasteiger partial charge in [0, 0.05) is 12.5 Å². The summed E-state index contributed by atoms with van der Waals surface area (Å²) in [5, 5.41) is 0. The van der Waals surface area contributed by atoms with Crippen LogP contribution in [0.5, 0.6) is 0 Å². The third kappa shape index (κ3) is 1.78. The largest absolute Gasteiger partial charge is 0.369 e. The van der Waals surface area contributed by atoms with Crippen LogP contribution in [0.1, 0.15) is 6.42 Å². The molecule has 2 aliphatic rings. The molecule has 2 N–H and O–H groups in total. The maximum absolute atomic E-state index is 10.7. The number of fused-ring (bicyclic) bond motifs is 1. The molecule has 0 spiro atoms. The Hall–Kier alpha value is 0.390. The molecule has 1 aliphatic carbocycles. The molecule has 2 unspecified atom stereocenters. The summed E-state index contributed by atoms with van der Waals surface area (Å²) in [6, 6.07) is 0. The fourth-order valence-electron chi connectivity index (χ4n) is 2.16. The molecular formula is C8H12Br2N2O. The lowest BCUT2D eigenvalue weighted by Crippen LogP contribution is -2.38. The lowest BCUT2D eigenvalue weighted by molar-refractivity contribution is -0.119. The van der Waals surface area contributed by atoms with E-state index < -0.39 is 0 Å². The summed E-state index contributed by atoms with van der Waals surface area (Å²) in [4.78, 5) is 12.8. The van der Waals surface area contributed by atoms with E-state index in [0.717, 1.165) is 25.4 Å². The van der Waals surface area contributed by atoms with E-state index in [1.54, 1.807) is 0 Å². The molecule has 0 aromatic carbocycles. The van der Waals surface area contributed by atoms with Crippen LogP contribution in [-0.4, -0.2) is 33.7 Å². The zero-order valence-electron chi connectivity index (χ0n) is 7.17. The van der Waals surface area contributed by atoms with Gasteiger partial charge in [0.2, 0.25) is 5.91 Å². The summed E-state index contributed by atoms with van der Waals surface area (Å²) in [6.45, 7) is 2.37. The summed E-state index contributed by atoms with van der Waals surface area (Å²) in [5.41, 5.74) is 5.15. The Balaban J connectivity index is 1.90. The van der Waals surface area contributed by atoms with Crippen LogP contribution in [0.2, 0.25) is 0 Å². The first-order valence-electron chi connectivity index (χ1n) is 4.40. The molecule has 13 heavy (non-hydrogen) atoms. The molecule has 1 saturated carbocycles. The topological polar surface area (TPSA) is 46.3 Å². The van der Waals surface area contributed by atoms with Crippen molar-refractivity contribution < 1.29 is 4.79 Å². The van der Waals surface area contributed by atoms with Gasteiger partial charge in [-0.05, 0) is 18.9 Å². The van der Waals surface area contributed by atoms with E-state index in [-0.39, 0.29) is 9.14 Å². The Morgan fingerprint density at radius 2 is 2.23 bits per heavy atom. The van der Waals surface area contributed by atoms with Crippen LogP contribution >= 0.6 is 31.9 Å². The van der Waals surface area contributed by atoms with Crippen molar-refractivity contribution in [1.82, 2.24) is 4.90 Å². The molecule has 2 rings (SSSR count). The normalized spacial score (nSPS) is 36.8. The SMILES string of the molecule is NC(=O)CN1CCC2C(C1)C2(Br)Br. The number of halogens is 2. The number of hydrogen-bond acceptors (Lipinski definition) is 2. The molecule has 0 aromatic rings. The minimum Gasteiger partial charge on any atom is -0.369 e. The van der Waals surface area contributed by atoms with E-state index in [1.807, 2.05) is 0 Å². The van der Waals surface area contributed by atoms with Gasteiger partial charge in [-0.25, -0.2) is 0 Å². The summed E-state index contributed by atoms with van der Waals surface area (Å²) in [7, 11) is 0. The molecule has 0 aromatic heterocycles. The van der Waals surface area contributed by atoms with Crippen molar-refractivity contribution >= 4 is 37.8 Å². The van der Waals surface area contributed by atoms with E-state index in [0.29, 0.717) is 12.5 Å². The lowest BCUT2D eigenvalue weighted by atomic mass is 10.1. The fraction of sp³-hybridized carbons (Fsp3) is 0.875. The predicted octanol–water partition coefficient (Wildman–Crippen LogP) is 0.910. The van der Waals surface area contributed by atoms with Crippen LogP contribution in [0.25, 0.3) is 0 Å². The highest BCUT2D eigenvalue weighted by Gasteiger charge is 2.63. The van der Waals surface area contributed by atoms with Crippen LogP contribution in [0.15, 0.2) is 0 Å². The second kappa shape index (κ2) is 3.21. The van der Waals surface area contributed by atoms with Crippen LogP contribution in [0.3, 0.4) is 0 Å². The number of amides is 1. The number of hydrogen-bond donors (Lipinski definition) is 1. The zero-order chi connectivity index (χ0) is 9.64. The van der Waals surface area contributed by atoms with E-state index in [1.165, 1.54) is 0 Å². The average molecular weight is 312 g/mol. The fourth-order valence-corrected chi connectivity index (χ4v) is 3.92. The number of piperidine rings is 1. The number of alkyl halides is 2. The van der Waals surface area contributed by atoms with Crippen LogP contribution < -0.4 is 5.73 Å². The maximum atomic E-state index is 10.7. The van der Waals surface area contributed by atoms with Crippen LogP contribution in [0, 0.1) is 11.8 Å². The Morgan fingerprint density at radius 1 is 1.54 bits per heavy atom. The molecule has 2 atom stereocenters.